The number of nitrogens with one attached hydrogen (secondary N) is 1. The third kappa shape index (κ3) is 3.51. The first-order valence-corrected chi connectivity index (χ1v) is 6.19. The Kier molecular flexibility index (Phi) is 4.44. The van der Waals surface area contributed by atoms with Gasteiger partial charge in [-0.15, -0.1) is 0 Å². The van der Waals surface area contributed by atoms with E-state index in [0.29, 0.717) is 0 Å². The minimum atomic E-state index is -0.586. The van der Waals surface area contributed by atoms with E-state index >= 15 is 0 Å². The molecule has 0 aliphatic rings. The van der Waals surface area contributed by atoms with Crippen molar-refractivity contribution in [1.82, 2.24) is 5.32 Å². The summed E-state index contributed by atoms with van der Waals surface area (Å²) in [6.07, 6.45) is 0. The zero-order valence-electron chi connectivity index (χ0n) is 10.6. The number of nitrogens with zero attached hydrogens (tertiary/aromatic N) is 1. The van der Waals surface area contributed by atoms with Crippen LogP contribution in [0, 0.1) is 5.82 Å². The number of furan rings is 1. The van der Waals surface area contributed by atoms with Gasteiger partial charge < -0.3 is 20.7 Å². The molecule has 4 N–H and O–H groups in total. The summed E-state index contributed by atoms with van der Waals surface area (Å²) in [7, 11) is 0. The molecule has 0 bridgehead atoms. The van der Waals surface area contributed by atoms with Gasteiger partial charge in [-0.25, -0.2) is 4.39 Å². The van der Waals surface area contributed by atoms with Gasteiger partial charge in [0.25, 0.3) is 5.91 Å². The van der Waals surface area contributed by atoms with Gasteiger partial charge in [0.05, 0.1) is 0 Å². The zero-order valence-corrected chi connectivity index (χ0v) is 11.4. The molecule has 0 aliphatic carbocycles. The first-order valence-electron chi connectivity index (χ1n) is 5.81. The van der Waals surface area contributed by atoms with Crippen molar-refractivity contribution in [2.75, 3.05) is 0 Å². The average molecular weight is 312 g/mol. The molecule has 0 saturated carbocycles. The highest BCUT2D eigenvalue weighted by atomic mass is 35.5. The molecular weight excluding hydrogens is 301 g/mol. The second kappa shape index (κ2) is 6.27. The molecular formula is C13H11ClFN3O3. The van der Waals surface area contributed by atoms with Gasteiger partial charge in [0.2, 0.25) is 0 Å². The number of rotatable bonds is 4. The molecule has 0 spiro atoms. The van der Waals surface area contributed by atoms with Crippen LogP contribution in [0.5, 0.6) is 0 Å². The minimum Gasteiger partial charge on any atom is -0.440 e. The van der Waals surface area contributed by atoms with E-state index in [-0.39, 0.29) is 34.5 Å². The van der Waals surface area contributed by atoms with Gasteiger partial charge >= 0.3 is 0 Å². The van der Waals surface area contributed by atoms with Crippen LogP contribution in [0.1, 0.15) is 21.7 Å². The zero-order chi connectivity index (χ0) is 15.4. The van der Waals surface area contributed by atoms with Gasteiger partial charge in [-0.2, -0.15) is 0 Å². The van der Waals surface area contributed by atoms with Crippen molar-refractivity contribution in [3.05, 3.63) is 58.3 Å². The van der Waals surface area contributed by atoms with Crippen molar-refractivity contribution in [3.63, 3.8) is 0 Å². The Morgan fingerprint density at radius 3 is 2.76 bits per heavy atom. The largest absolute Gasteiger partial charge is 0.440 e. The van der Waals surface area contributed by atoms with E-state index in [1.54, 1.807) is 0 Å². The maximum Gasteiger partial charge on any atom is 0.287 e. The lowest BCUT2D eigenvalue weighted by atomic mass is 10.1. The molecule has 8 heteroatoms. The van der Waals surface area contributed by atoms with E-state index in [1.165, 1.54) is 24.3 Å². The summed E-state index contributed by atoms with van der Waals surface area (Å²) in [6.45, 7) is -0.0422. The number of hydrogen-bond acceptors (Lipinski definition) is 4. The molecule has 0 unspecified atom stereocenters. The number of benzene rings is 1. The van der Waals surface area contributed by atoms with Crippen LogP contribution in [0.2, 0.25) is 5.22 Å². The predicted molar refractivity (Wildman–Crippen MR) is 73.8 cm³/mol. The third-order valence-electron chi connectivity index (χ3n) is 2.69. The fourth-order valence-electron chi connectivity index (χ4n) is 1.61. The van der Waals surface area contributed by atoms with Crippen LogP contribution in [0.15, 0.2) is 39.9 Å². The second-order valence-electron chi connectivity index (χ2n) is 4.08. The highest BCUT2D eigenvalue weighted by Crippen LogP contribution is 2.14. The van der Waals surface area contributed by atoms with Crippen LogP contribution in [-0.4, -0.2) is 17.0 Å². The Balaban J connectivity index is 2.05. The van der Waals surface area contributed by atoms with Crippen LogP contribution >= 0.6 is 11.6 Å². The van der Waals surface area contributed by atoms with E-state index in [4.69, 9.17) is 27.0 Å². The number of carbonyl (C=O) groups excluding carboxylic acids is 1. The molecule has 1 heterocycles. The van der Waals surface area contributed by atoms with Crippen molar-refractivity contribution < 1.29 is 18.8 Å². The smallest absolute Gasteiger partial charge is 0.287 e. The van der Waals surface area contributed by atoms with Crippen molar-refractivity contribution in [1.29, 1.82) is 0 Å². The Morgan fingerprint density at radius 1 is 1.43 bits per heavy atom. The molecule has 0 saturated heterocycles. The SMILES string of the molecule is N/C(=N/O)c1ccc(CNC(=O)c2ccc(Cl)o2)c(F)c1. The van der Waals surface area contributed by atoms with Crippen LogP contribution in [-0.2, 0) is 6.54 Å². The highest BCUT2D eigenvalue weighted by Gasteiger charge is 2.12. The average Bonchev–Trinajstić information content (AvgIpc) is 2.91. The summed E-state index contributed by atoms with van der Waals surface area (Å²) >= 11 is 5.56. The van der Waals surface area contributed by atoms with Gasteiger partial charge in [-0.1, -0.05) is 17.3 Å². The topological polar surface area (TPSA) is 101 Å². The number of hydrogen-bond donors (Lipinski definition) is 3. The highest BCUT2D eigenvalue weighted by molar-refractivity contribution is 6.29. The predicted octanol–water partition coefficient (Wildman–Crippen LogP) is 2.10. The second-order valence-corrected chi connectivity index (χ2v) is 4.45. The number of amides is 1. The third-order valence-corrected chi connectivity index (χ3v) is 2.90. The van der Waals surface area contributed by atoms with E-state index in [9.17, 15) is 9.18 Å². The first kappa shape index (κ1) is 14.9. The van der Waals surface area contributed by atoms with Crippen molar-refractivity contribution in [2.24, 2.45) is 10.9 Å². The monoisotopic (exact) mass is 311 g/mol. The van der Waals surface area contributed by atoms with E-state index < -0.39 is 11.7 Å². The number of amidine groups is 1. The normalized spacial score (nSPS) is 11.4. The molecule has 1 amide bonds. The Labute approximate surface area is 124 Å². The fraction of sp³-hybridized carbons (Fsp3) is 0.0769. The van der Waals surface area contributed by atoms with Gasteiger partial charge in [-0.05, 0) is 29.8 Å². The number of halogens is 2. The lowest BCUT2D eigenvalue weighted by Gasteiger charge is -2.06. The quantitative estimate of drug-likeness (QED) is 0.348. The summed E-state index contributed by atoms with van der Waals surface area (Å²) in [5, 5.41) is 13.9. The van der Waals surface area contributed by atoms with Gasteiger partial charge in [0.15, 0.2) is 16.8 Å². The number of oxime groups is 1. The molecule has 110 valence electrons. The van der Waals surface area contributed by atoms with Crippen LogP contribution in [0.3, 0.4) is 0 Å². The lowest BCUT2D eigenvalue weighted by Crippen LogP contribution is -2.23. The lowest BCUT2D eigenvalue weighted by molar-refractivity contribution is 0.0923. The Bertz CT molecular complexity index is 700. The van der Waals surface area contributed by atoms with Crippen LogP contribution in [0.4, 0.5) is 4.39 Å². The molecule has 1 aromatic heterocycles. The number of carbonyl (C=O) groups is 1. The van der Waals surface area contributed by atoms with E-state index in [0.717, 1.165) is 6.07 Å². The van der Waals surface area contributed by atoms with Crippen LogP contribution < -0.4 is 11.1 Å². The first-order chi connectivity index (χ1) is 10.0. The van der Waals surface area contributed by atoms with Crippen molar-refractivity contribution in [2.45, 2.75) is 6.54 Å². The molecule has 1 aromatic carbocycles. The molecule has 0 fully saturated rings. The van der Waals surface area contributed by atoms with Crippen molar-refractivity contribution in [3.8, 4) is 0 Å². The summed E-state index contributed by atoms with van der Waals surface area (Å²) < 4.78 is 18.7. The molecule has 2 rings (SSSR count). The Hall–Kier alpha value is -2.54. The summed E-state index contributed by atoms with van der Waals surface area (Å²) in [5.41, 5.74) is 5.84. The van der Waals surface area contributed by atoms with Gasteiger partial charge in [0.1, 0.15) is 5.82 Å². The molecule has 0 atom stereocenters. The number of nitrogens with two attached hydrogens (primary N) is 1. The molecule has 0 radical (unpaired) electrons. The van der Waals surface area contributed by atoms with Gasteiger partial charge in [-0.3, -0.25) is 4.79 Å². The van der Waals surface area contributed by atoms with Crippen molar-refractivity contribution >= 4 is 23.3 Å². The molecule has 21 heavy (non-hydrogen) atoms. The molecule has 6 nitrogen and oxygen atoms in total. The maximum absolute atomic E-state index is 13.8. The molecule has 2 aromatic rings. The molecule has 0 aliphatic heterocycles. The fourth-order valence-corrected chi connectivity index (χ4v) is 1.75. The van der Waals surface area contributed by atoms with Crippen LogP contribution in [0.25, 0.3) is 0 Å². The maximum atomic E-state index is 13.8. The van der Waals surface area contributed by atoms with E-state index in [1.807, 2.05) is 0 Å². The standard InChI is InChI=1S/C13H11ClFN3O3/c14-11-4-3-10(21-11)13(19)17-6-8-2-1-7(5-9(8)15)12(16)18-20/h1-5,20H,6H2,(H2,16,18)(H,17,19). The summed E-state index contributed by atoms with van der Waals surface area (Å²) in [5.74, 6) is -1.26. The van der Waals surface area contributed by atoms with Gasteiger partial charge in [0, 0.05) is 17.7 Å². The Morgan fingerprint density at radius 2 is 2.19 bits per heavy atom. The summed E-state index contributed by atoms with van der Waals surface area (Å²) in [4.78, 5) is 11.7. The van der Waals surface area contributed by atoms with E-state index in [2.05, 4.69) is 10.5 Å². The minimum absolute atomic E-state index is 0.0358. The summed E-state index contributed by atoms with van der Waals surface area (Å²) in [6, 6.07) is 6.86.